The smallest absolute Gasteiger partial charge is 0.0878 e. The summed E-state index contributed by atoms with van der Waals surface area (Å²) in [5.74, 6) is 0. The molecule has 0 fully saturated rings. The van der Waals surface area contributed by atoms with E-state index in [0.29, 0.717) is 0 Å². The number of anilines is 1. The molecule has 0 spiro atoms. The summed E-state index contributed by atoms with van der Waals surface area (Å²) in [6.45, 7) is 0. The predicted molar refractivity (Wildman–Crippen MR) is 74.6 cm³/mol. The van der Waals surface area contributed by atoms with Gasteiger partial charge in [0.05, 0.1) is 11.9 Å². The van der Waals surface area contributed by atoms with E-state index in [1.165, 1.54) is 0 Å². The molecule has 1 aromatic carbocycles. The van der Waals surface area contributed by atoms with Crippen molar-refractivity contribution in [2.24, 2.45) is 10.1 Å². The molecule has 2 aliphatic rings. The molecule has 0 bridgehead atoms. The molecule has 0 saturated carbocycles. The average molecular weight is 236 g/mol. The average Bonchev–Trinajstić information content (AvgIpc) is 2.79. The van der Waals surface area contributed by atoms with E-state index in [9.17, 15) is 0 Å². The van der Waals surface area contributed by atoms with Crippen LogP contribution in [0.5, 0.6) is 0 Å². The summed E-state index contributed by atoms with van der Waals surface area (Å²) >= 11 is 0. The SMILES string of the molecule is C1=CNN=CC(C2=CNc3ccccc3C=N2)=C1. The number of hydrogen-bond donors (Lipinski definition) is 2. The highest BCUT2D eigenvalue weighted by Crippen LogP contribution is 2.19. The number of para-hydroxylation sites is 1. The van der Waals surface area contributed by atoms with Crippen LogP contribution in [0.15, 0.2) is 70.2 Å². The van der Waals surface area contributed by atoms with Crippen molar-refractivity contribution in [3.8, 4) is 0 Å². The van der Waals surface area contributed by atoms with Crippen LogP contribution >= 0.6 is 0 Å². The number of nitrogens with zero attached hydrogens (tertiary/aromatic N) is 2. The quantitative estimate of drug-likeness (QED) is 0.786. The third-order valence-electron chi connectivity index (χ3n) is 2.69. The summed E-state index contributed by atoms with van der Waals surface area (Å²) in [6.07, 6.45) is 11.1. The van der Waals surface area contributed by atoms with Gasteiger partial charge in [0.2, 0.25) is 0 Å². The molecule has 0 aliphatic carbocycles. The molecule has 4 heteroatoms. The van der Waals surface area contributed by atoms with Gasteiger partial charge < -0.3 is 5.32 Å². The Labute approximate surface area is 105 Å². The van der Waals surface area contributed by atoms with Crippen LogP contribution in [0.4, 0.5) is 5.69 Å². The fourth-order valence-corrected chi connectivity index (χ4v) is 1.76. The monoisotopic (exact) mass is 236 g/mol. The molecule has 0 radical (unpaired) electrons. The first kappa shape index (κ1) is 10.5. The van der Waals surface area contributed by atoms with Gasteiger partial charge in [-0.15, -0.1) is 0 Å². The van der Waals surface area contributed by atoms with Crippen molar-refractivity contribution in [3.63, 3.8) is 0 Å². The van der Waals surface area contributed by atoms with Gasteiger partial charge in [0, 0.05) is 35.4 Å². The van der Waals surface area contributed by atoms with Crippen molar-refractivity contribution in [2.45, 2.75) is 0 Å². The Bertz CT molecular complexity index is 606. The molecule has 2 aliphatic heterocycles. The number of hydrazone groups is 1. The minimum Gasteiger partial charge on any atom is -0.359 e. The van der Waals surface area contributed by atoms with Crippen LogP contribution in [0.1, 0.15) is 5.56 Å². The van der Waals surface area contributed by atoms with Gasteiger partial charge in [-0.1, -0.05) is 18.2 Å². The lowest BCUT2D eigenvalue weighted by Crippen LogP contribution is -1.95. The topological polar surface area (TPSA) is 48.8 Å². The van der Waals surface area contributed by atoms with Crippen molar-refractivity contribution >= 4 is 18.1 Å². The van der Waals surface area contributed by atoms with E-state index in [1.807, 2.05) is 48.8 Å². The van der Waals surface area contributed by atoms with Crippen LogP contribution in [0, 0.1) is 0 Å². The Balaban J connectivity index is 1.95. The molecule has 3 rings (SSSR count). The maximum atomic E-state index is 4.48. The van der Waals surface area contributed by atoms with E-state index in [2.05, 4.69) is 20.8 Å². The molecule has 4 nitrogen and oxygen atoms in total. The maximum Gasteiger partial charge on any atom is 0.0878 e. The summed E-state index contributed by atoms with van der Waals surface area (Å²) in [5.41, 5.74) is 6.71. The standard InChI is InChI=1S/C14H12N4/c1-2-6-13-11(4-1)8-15-14(10-16-13)12-5-3-7-17-18-9-12/h1-10,16-17H. The van der Waals surface area contributed by atoms with E-state index >= 15 is 0 Å². The Morgan fingerprint density at radius 1 is 1.06 bits per heavy atom. The van der Waals surface area contributed by atoms with Gasteiger partial charge in [-0.2, -0.15) is 5.10 Å². The van der Waals surface area contributed by atoms with Crippen LogP contribution in [0.25, 0.3) is 0 Å². The van der Waals surface area contributed by atoms with Crippen LogP contribution in [0.3, 0.4) is 0 Å². The fraction of sp³-hybridized carbons (Fsp3) is 0. The number of benzene rings is 1. The molecule has 18 heavy (non-hydrogen) atoms. The van der Waals surface area contributed by atoms with E-state index < -0.39 is 0 Å². The number of rotatable bonds is 1. The van der Waals surface area contributed by atoms with Gasteiger partial charge in [0.25, 0.3) is 0 Å². The minimum atomic E-state index is 0.850. The number of allylic oxidation sites excluding steroid dienone is 3. The Morgan fingerprint density at radius 2 is 2.00 bits per heavy atom. The normalized spacial score (nSPS) is 16.7. The molecular formula is C14H12N4. The zero-order chi connectivity index (χ0) is 12.2. The second-order valence-corrected chi connectivity index (χ2v) is 3.89. The van der Waals surface area contributed by atoms with Gasteiger partial charge in [-0.3, -0.25) is 10.4 Å². The summed E-state index contributed by atoms with van der Waals surface area (Å²) < 4.78 is 0. The summed E-state index contributed by atoms with van der Waals surface area (Å²) in [7, 11) is 0. The summed E-state index contributed by atoms with van der Waals surface area (Å²) in [4.78, 5) is 4.48. The Kier molecular flexibility index (Phi) is 2.75. The van der Waals surface area contributed by atoms with Gasteiger partial charge in [-0.05, 0) is 18.2 Å². The largest absolute Gasteiger partial charge is 0.359 e. The predicted octanol–water partition coefficient (Wildman–Crippen LogP) is 2.40. The Morgan fingerprint density at radius 3 is 3.00 bits per heavy atom. The number of hydrogen-bond acceptors (Lipinski definition) is 4. The van der Waals surface area contributed by atoms with Gasteiger partial charge in [0.1, 0.15) is 0 Å². The molecule has 0 unspecified atom stereocenters. The minimum absolute atomic E-state index is 0.850. The van der Waals surface area contributed by atoms with Crippen LogP contribution in [-0.4, -0.2) is 12.4 Å². The fourth-order valence-electron chi connectivity index (χ4n) is 1.76. The molecular weight excluding hydrogens is 224 g/mol. The second-order valence-electron chi connectivity index (χ2n) is 3.89. The second kappa shape index (κ2) is 4.71. The first-order valence-electron chi connectivity index (χ1n) is 5.69. The zero-order valence-corrected chi connectivity index (χ0v) is 9.67. The molecule has 0 aromatic heterocycles. The van der Waals surface area contributed by atoms with Crippen LogP contribution in [0.2, 0.25) is 0 Å². The highest BCUT2D eigenvalue weighted by atomic mass is 15.3. The highest BCUT2D eigenvalue weighted by molar-refractivity contribution is 5.92. The number of aliphatic imine (C=N–C) groups is 1. The zero-order valence-electron chi connectivity index (χ0n) is 9.67. The van der Waals surface area contributed by atoms with E-state index in [1.54, 1.807) is 12.4 Å². The molecule has 0 atom stereocenters. The third kappa shape index (κ3) is 2.08. The van der Waals surface area contributed by atoms with Crippen molar-refractivity contribution in [3.05, 3.63) is 65.7 Å². The van der Waals surface area contributed by atoms with Crippen LogP contribution in [-0.2, 0) is 0 Å². The summed E-state index contributed by atoms with van der Waals surface area (Å²) in [5, 5.41) is 7.29. The number of nitrogens with one attached hydrogen (secondary N) is 2. The first-order valence-corrected chi connectivity index (χ1v) is 5.69. The third-order valence-corrected chi connectivity index (χ3v) is 2.69. The van der Waals surface area contributed by atoms with Crippen molar-refractivity contribution in [2.75, 3.05) is 5.32 Å². The van der Waals surface area contributed by atoms with Crippen LogP contribution < -0.4 is 10.7 Å². The number of fused-ring (bicyclic) bond motifs is 1. The highest BCUT2D eigenvalue weighted by Gasteiger charge is 2.06. The Hall–Kier alpha value is -2.62. The van der Waals surface area contributed by atoms with Crippen molar-refractivity contribution in [1.29, 1.82) is 0 Å². The van der Waals surface area contributed by atoms with Gasteiger partial charge in [0.15, 0.2) is 0 Å². The molecule has 2 heterocycles. The van der Waals surface area contributed by atoms with E-state index in [4.69, 9.17) is 0 Å². The maximum absolute atomic E-state index is 4.48. The van der Waals surface area contributed by atoms with Gasteiger partial charge in [-0.25, -0.2) is 0 Å². The van der Waals surface area contributed by atoms with Crippen molar-refractivity contribution in [1.82, 2.24) is 5.43 Å². The first-order chi connectivity index (χ1) is 8.93. The lowest BCUT2D eigenvalue weighted by Gasteiger charge is -2.02. The van der Waals surface area contributed by atoms with Crippen molar-refractivity contribution < 1.29 is 0 Å². The molecule has 1 aromatic rings. The van der Waals surface area contributed by atoms with Gasteiger partial charge >= 0.3 is 0 Å². The molecule has 2 N–H and O–H groups in total. The van der Waals surface area contributed by atoms with E-state index in [-0.39, 0.29) is 0 Å². The van der Waals surface area contributed by atoms with E-state index in [0.717, 1.165) is 22.5 Å². The molecule has 88 valence electrons. The lowest BCUT2D eigenvalue weighted by atomic mass is 10.2. The molecule has 0 saturated heterocycles. The summed E-state index contributed by atoms with van der Waals surface area (Å²) in [6, 6.07) is 8.05. The molecule has 0 amide bonds. The lowest BCUT2D eigenvalue weighted by molar-refractivity contribution is 0.979.